The number of aromatic nitrogens is 8. The van der Waals surface area contributed by atoms with Crippen LogP contribution in [0.1, 0.15) is 25.2 Å². The Morgan fingerprint density at radius 1 is 1.14 bits per heavy atom. The summed E-state index contributed by atoms with van der Waals surface area (Å²) in [7, 11) is 0. The first-order valence-corrected chi connectivity index (χ1v) is 8.98. The molecule has 4 aromatic heterocycles. The zero-order chi connectivity index (χ0) is 20.0. The minimum Gasteiger partial charge on any atom is -0.258 e. The highest BCUT2D eigenvalue weighted by Crippen LogP contribution is 2.24. The molecule has 0 aliphatic heterocycles. The van der Waals surface area contributed by atoms with Gasteiger partial charge in [0.05, 0.1) is 22.2 Å². The molecular formula is C18H15N9O2. The van der Waals surface area contributed by atoms with Gasteiger partial charge in [-0.05, 0) is 18.6 Å². The van der Waals surface area contributed by atoms with Crippen LogP contribution in [0.3, 0.4) is 0 Å². The van der Waals surface area contributed by atoms with E-state index in [4.69, 9.17) is 0 Å². The summed E-state index contributed by atoms with van der Waals surface area (Å²) in [5.41, 5.74) is 2.12. The smallest absolute Gasteiger partial charge is 0.258 e. The Balaban J connectivity index is 1.61. The second kappa shape index (κ2) is 6.48. The van der Waals surface area contributed by atoms with Crippen LogP contribution in [0.5, 0.6) is 0 Å². The second-order valence-corrected chi connectivity index (χ2v) is 6.47. The predicted octanol–water partition coefficient (Wildman–Crippen LogP) is 2.57. The molecule has 0 saturated carbocycles. The van der Waals surface area contributed by atoms with Gasteiger partial charge in [0.25, 0.3) is 0 Å². The van der Waals surface area contributed by atoms with Gasteiger partial charge in [-0.1, -0.05) is 25.1 Å². The molecule has 1 atom stereocenters. The molecule has 1 aromatic carbocycles. The standard InChI is InChI=1S/C18H15N9O2/c1-2-15(24-10-13(8-20-24)27(28)29)16-22-18-14-9-21-26(12-6-4-3-5-7-12)17(14)19-11-25(18)23-16/h3-11,15H,2H2,1H3. The van der Waals surface area contributed by atoms with E-state index < -0.39 is 4.92 Å². The van der Waals surface area contributed by atoms with Gasteiger partial charge < -0.3 is 0 Å². The molecule has 5 aromatic rings. The number of para-hydroxylation sites is 1. The Kier molecular flexibility index (Phi) is 3.79. The van der Waals surface area contributed by atoms with E-state index in [9.17, 15) is 10.1 Å². The van der Waals surface area contributed by atoms with Crippen LogP contribution < -0.4 is 0 Å². The lowest BCUT2D eigenvalue weighted by molar-refractivity contribution is -0.385. The van der Waals surface area contributed by atoms with Crippen molar-refractivity contribution in [3.05, 3.63) is 71.2 Å². The third-order valence-corrected chi connectivity index (χ3v) is 4.73. The minimum atomic E-state index is -0.473. The van der Waals surface area contributed by atoms with Gasteiger partial charge in [-0.15, -0.1) is 5.10 Å². The first-order chi connectivity index (χ1) is 14.2. The number of fused-ring (bicyclic) bond motifs is 3. The van der Waals surface area contributed by atoms with Crippen molar-refractivity contribution < 1.29 is 4.92 Å². The lowest BCUT2D eigenvalue weighted by Crippen LogP contribution is -2.12. The van der Waals surface area contributed by atoms with Crippen LogP contribution >= 0.6 is 0 Å². The van der Waals surface area contributed by atoms with Gasteiger partial charge in [-0.25, -0.2) is 19.2 Å². The van der Waals surface area contributed by atoms with Crippen molar-refractivity contribution in [2.24, 2.45) is 0 Å². The maximum absolute atomic E-state index is 11.0. The maximum Gasteiger partial charge on any atom is 0.307 e. The molecule has 0 N–H and O–H groups in total. The highest BCUT2D eigenvalue weighted by molar-refractivity contribution is 5.89. The molecular weight excluding hydrogens is 374 g/mol. The van der Waals surface area contributed by atoms with E-state index in [-0.39, 0.29) is 11.7 Å². The molecule has 0 amide bonds. The van der Waals surface area contributed by atoms with E-state index in [1.54, 1.807) is 21.7 Å². The topological polar surface area (TPSA) is 122 Å². The number of benzene rings is 1. The summed E-state index contributed by atoms with van der Waals surface area (Å²) < 4.78 is 4.86. The van der Waals surface area contributed by atoms with Gasteiger partial charge in [-0.3, -0.25) is 14.8 Å². The fourth-order valence-corrected chi connectivity index (χ4v) is 3.32. The minimum absolute atomic E-state index is 0.0691. The number of hydrogen-bond acceptors (Lipinski definition) is 7. The first kappa shape index (κ1) is 17.0. The molecule has 0 aliphatic rings. The summed E-state index contributed by atoms with van der Waals surface area (Å²) in [6.45, 7) is 1.95. The van der Waals surface area contributed by atoms with E-state index >= 15 is 0 Å². The number of rotatable bonds is 5. The third-order valence-electron chi connectivity index (χ3n) is 4.73. The van der Waals surface area contributed by atoms with Crippen molar-refractivity contribution in [1.82, 2.24) is 39.1 Å². The van der Waals surface area contributed by atoms with Gasteiger partial charge in [-0.2, -0.15) is 10.2 Å². The molecule has 11 nitrogen and oxygen atoms in total. The average molecular weight is 389 g/mol. The van der Waals surface area contributed by atoms with Crippen molar-refractivity contribution in [3.8, 4) is 5.69 Å². The Hall–Kier alpha value is -4.15. The van der Waals surface area contributed by atoms with Crippen molar-refractivity contribution in [2.75, 3.05) is 0 Å². The van der Waals surface area contributed by atoms with E-state index in [1.807, 2.05) is 37.3 Å². The molecule has 29 heavy (non-hydrogen) atoms. The molecule has 4 heterocycles. The van der Waals surface area contributed by atoms with E-state index in [0.717, 1.165) is 11.1 Å². The van der Waals surface area contributed by atoms with Crippen LogP contribution in [0.2, 0.25) is 0 Å². The summed E-state index contributed by atoms with van der Waals surface area (Å²) in [5, 5.41) is 24.8. The molecule has 144 valence electrons. The summed E-state index contributed by atoms with van der Waals surface area (Å²) in [5.74, 6) is 0.507. The average Bonchev–Trinajstić information content (AvgIpc) is 3.46. The molecule has 0 saturated heterocycles. The van der Waals surface area contributed by atoms with Crippen LogP contribution in [0, 0.1) is 10.1 Å². The molecule has 11 heteroatoms. The molecule has 0 bridgehead atoms. The summed E-state index contributed by atoms with van der Waals surface area (Å²) in [4.78, 5) is 19.7. The number of nitrogens with zero attached hydrogens (tertiary/aromatic N) is 9. The summed E-state index contributed by atoms with van der Waals surface area (Å²) in [6.07, 6.45) is 6.54. The van der Waals surface area contributed by atoms with Crippen LogP contribution in [-0.4, -0.2) is 44.1 Å². The Morgan fingerprint density at radius 2 is 1.97 bits per heavy atom. The van der Waals surface area contributed by atoms with E-state index in [0.29, 0.717) is 23.5 Å². The summed E-state index contributed by atoms with van der Waals surface area (Å²) >= 11 is 0. The normalized spacial score (nSPS) is 12.6. The first-order valence-electron chi connectivity index (χ1n) is 8.98. The fraction of sp³-hybridized carbons (Fsp3) is 0.167. The lowest BCUT2D eigenvalue weighted by atomic mass is 10.2. The molecule has 1 unspecified atom stereocenters. The van der Waals surface area contributed by atoms with Crippen molar-refractivity contribution in [1.29, 1.82) is 0 Å². The zero-order valence-electron chi connectivity index (χ0n) is 15.3. The predicted molar refractivity (Wildman–Crippen MR) is 103 cm³/mol. The zero-order valence-corrected chi connectivity index (χ0v) is 15.3. The Bertz CT molecular complexity index is 1340. The van der Waals surface area contributed by atoms with Crippen LogP contribution in [0.15, 0.2) is 55.2 Å². The number of hydrogen-bond donors (Lipinski definition) is 0. The fourth-order valence-electron chi connectivity index (χ4n) is 3.32. The van der Waals surface area contributed by atoms with Crippen LogP contribution in [0.25, 0.3) is 22.4 Å². The third kappa shape index (κ3) is 2.71. The van der Waals surface area contributed by atoms with Gasteiger partial charge in [0.15, 0.2) is 17.1 Å². The monoisotopic (exact) mass is 389 g/mol. The van der Waals surface area contributed by atoms with Crippen LogP contribution in [-0.2, 0) is 0 Å². The van der Waals surface area contributed by atoms with Crippen molar-refractivity contribution in [3.63, 3.8) is 0 Å². The van der Waals surface area contributed by atoms with E-state index in [1.165, 1.54) is 17.1 Å². The van der Waals surface area contributed by atoms with Gasteiger partial charge in [0, 0.05) is 0 Å². The van der Waals surface area contributed by atoms with Crippen molar-refractivity contribution in [2.45, 2.75) is 19.4 Å². The quantitative estimate of drug-likeness (QED) is 0.334. The van der Waals surface area contributed by atoms with E-state index in [2.05, 4.69) is 25.3 Å². The largest absolute Gasteiger partial charge is 0.307 e. The Morgan fingerprint density at radius 3 is 2.69 bits per heavy atom. The maximum atomic E-state index is 11.0. The molecule has 0 spiro atoms. The second-order valence-electron chi connectivity index (χ2n) is 6.47. The SMILES string of the molecule is CCC(c1nc2c3cnn(-c4ccccc4)c3ncn2n1)n1cc([N+](=O)[O-])cn1. The van der Waals surface area contributed by atoms with Gasteiger partial charge >= 0.3 is 5.69 Å². The molecule has 5 rings (SSSR count). The highest BCUT2D eigenvalue weighted by atomic mass is 16.6. The van der Waals surface area contributed by atoms with Crippen LogP contribution in [0.4, 0.5) is 5.69 Å². The molecule has 0 radical (unpaired) electrons. The number of nitro groups is 1. The van der Waals surface area contributed by atoms with Gasteiger partial charge in [0.2, 0.25) is 0 Å². The Labute approximate surface area is 163 Å². The lowest BCUT2D eigenvalue weighted by Gasteiger charge is -2.10. The summed E-state index contributed by atoms with van der Waals surface area (Å²) in [6, 6.07) is 9.38. The highest BCUT2D eigenvalue weighted by Gasteiger charge is 2.22. The van der Waals surface area contributed by atoms with Gasteiger partial charge in [0.1, 0.15) is 24.8 Å². The van der Waals surface area contributed by atoms with Crippen molar-refractivity contribution >= 4 is 22.4 Å². The molecule has 0 aliphatic carbocycles. The molecule has 0 fully saturated rings.